The van der Waals surface area contributed by atoms with E-state index in [4.69, 9.17) is 0 Å². The van der Waals surface area contributed by atoms with Gasteiger partial charge in [-0.3, -0.25) is 20.2 Å². The second-order valence-corrected chi connectivity index (χ2v) is 4.05. The summed E-state index contributed by atoms with van der Waals surface area (Å²) in [6.07, 6.45) is 0. The second kappa shape index (κ2) is 3.87. The van der Waals surface area contributed by atoms with Gasteiger partial charge in [-0.05, 0) is 0 Å². The molecule has 0 N–H and O–H groups in total. The number of nitro groups is 2. The van der Waals surface area contributed by atoms with Crippen LogP contribution in [0.3, 0.4) is 0 Å². The summed E-state index contributed by atoms with van der Waals surface area (Å²) in [4.78, 5) is 17.9. The molecule has 0 unspecified atom stereocenters. The fourth-order valence-electron chi connectivity index (χ4n) is 0.584. The molecular weight excluding hydrogens is 224 g/mol. The largest absolute Gasteiger partial charge is 0.561 e. The Kier molecular flexibility index (Phi) is 3.38. The molecule has 0 aromatic heterocycles. The van der Waals surface area contributed by atoms with Gasteiger partial charge < -0.3 is 10.4 Å². The Morgan fingerprint density at radius 1 is 0.688 bits per heavy atom. The van der Waals surface area contributed by atoms with Crippen LogP contribution in [0.1, 0.15) is 27.7 Å². The van der Waals surface area contributed by atoms with E-state index in [9.17, 15) is 30.6 Å². The van der Waals surface area contributed by atoms with Crippen molar-refractivity contribution in [2.24, 2.45) is 0 Å². The van der Waals surface area contributed by atoms with Crippen molar-refractivity contribution in [3.63, 3.8) is 0 Å². The highest BCUT2D eigenvalue weighted by Gasteiger charge is 2.54. The molecule has 0 aliphatic heterocycles. The summed E-state index contributed by atoms with van der Waals surface area (Å²) in [6.45, 7) is 3.50. The number of hydrogen-bond acceptors (Lipinski definition) is 6. The van der Waals surface area contributed by atoms with Crippen LogP contribution in [-0.4, -0.2) is 30.9 Å². The average molecular weight is 236 g/mol. The van der Waals surface area contributed by atoms with E-state index in [1.54, 1.807) is 0 Å². The van der Waals surface area contributed by atoms with E-state index in [1.807, 2.05) is 0 Å². The minimum Gasteiger partial charge on any atom is -0.561 e. The summed E-state index contributed by atoms with van der Waals surface area (Å²) < 4.78 is 0. The third kappa shape index (κ3) is 2.15. The molecule has 10 nitrogen and oxygen atoms in total. The van der Waals surface area contributed by atoms with Gasteiger partial charge in [-0.1, -0.05) is 0 Å². The van der Waals surface area contributed by atoms with Crippen LogP contribution in [0, 0.1) is 30.6 Å². The summed E-state index contributed by atoms with van der Waals surface area (Å²) in [5, 5.41) is 43.7. The highest BCUT2D eigenvalue weighted by atomic mass is 16.7. The molecule has 0 aromatic carbocycles. The topological polar surface area (TPSA) is 138 Å². The maximum atomic E-state index is 11.3. The normalized spacial score (nSPS) is 14.2. The minimum atomic E-state index is -2.27. The van der Waals surface area contributed by atoms with Crippen LogP contribution in [0.5, 0.6) is 0 Å². The first-order chi connectivity index (χ1) is 6.95. The lowest BCUT2D eigenvalue weighted by molar-refractivity contribution is -1.10. The molecule has 0 aromatic rings. The van der Waals surface area contributed by atoms with Crippen molar-refractivity contribution in [1.29, 1.82) is 0 Å². The molecule has 10 heteroatoms. The third-order valence-electron chi connectivity index (χ3n) is 1.99. The maximum Gasteiger partial charge on any atom is 0.467 e. The zero-order chi connectivity index (χ0) is 13.3. The fraction of sp³-hybridized carbons (Fsp3) is 1.00. The van der Waals surface area contributed by atoms with E-state index >= 15 is 0 Å². The zero-order valence-electron chi connectivity index (χ0n) is 9.24. The lowest BCUT2D eigenvalue weighted by Crippen LogP contribution is -2.51. The third-order valence-corrected chi connectivity index (χ3v) is 1.99. The van der Waals surface area contributed by atoms with Crippen molar-refractivity contribution >= 4 is 0 Å². The molecule has 0 fully saturated rings. The van der Waals surface area contributed by atoms with E-state index in [2.05, 4.69) is 0 Å². The van der Waals surface area contributed by atoms with Crippen LogP contribution in [-0.2, 0) is 0 Å². The summed E-state index contributed by atoms with van der Waals surface area (Å²) >= 11 is 0. The van der Waals surface area contributed by atoms with Crippen molar-refractivity contribution in [2.45, 2.75) is 39.0 Å². The van der Waals surface area contributed by atoms with Crippen LogP contribution < -0.4 is 0 Å². The van der Waals surface area contributed by atoms with E-state index in [1.165, 1.54) is 0 Å². The highest BCUT2D eigenvalue weighted by Crippen LogP contribution is 2.15. The molecule has 0 amide bonds. The Hall–Kier alpha value is -2.00. The highest BCUT2D eigenvalue weighted by molar-refractivity contribution is 4.49. The molecule has 0 rings (SSSR count). The maximum absolute atomic E-state index is 11.3. The monoisotopic (exact) mass is 236 g/mol. The standard InChI is InChI=1S/C6H12N4O6/c1-5(2,9(13)14)7(11)8(12)6(3,4)10(15)16/h1-4H3/b8-7+. The van der Waals surface area contributed by atoms with Crippen LogP contribution in [0.2, 0.25) is 0 Å². The van der Waals surface area contributed by atoms with Crippen LogP contribution in [0.25, 0.3) is 0 Å². The summed E-state index contributed by atoms with van der Waals surface area (Å²) in [5.74, 6) is 0. The fourth-order valence-corrected chi connectivity index (χ4v) is 0.584. The van der Waals surface area contributed by atoms with Crippen molar-refractivity contribution < 1.29 is 19.6 Å². The molecule has 0 radical (unpaired) electrons. The van der Waals surface area contributed by atoms with Gasteiger partial charge in [-0.15, -0.1) is 0 Å². The number of azo groups is 1. The van der Waals surface area contributed by atoms with Crippen molar-refractivity contribution in [3.05, 3.63) is 30.6 Å². The predicted octanol–water partition coefficient (Wildman–Crippen LogP) is 0.485. The van der Waals surface area contributed by atoms with Crippen molar-refractivity contribution in [2.75, 3.05) is 0 Å². The molecule has 0 heterocycles. The summed E-state index contributed by atoms with van der Waals surface area (Å²) in [6, 6.07) is 0. The lowest BCUT2D eigenvalue weighted by atomic mass is 10.2. The molecule has 92 valence electrons. The molecule has 0 saturated heterocycles. The van der Waals surface area contributed by atoms with Crippen LogP contribution >= 0.6 is 0 Å². The summed E-state index contributed by atoms with van der Waals surface area (Å²) in [7, 11) is 0. The van der Waals surface area contributed by atoms with E-state index in [-0.39, 0.29) is 0 Å². The molecule has 0 atom stereocenters. The minimum absolute atomic E-state index is 0.560. The first kappa shape index (κ1) is 14.0. The van der Waals surface area contributed by atoms with Crippen molar-refractivity contribution in [3.8, 4) is 0 Å². The van der Waals surface area contributed by atoms with Gasteiger partial charge in [0.25, 0.3) is 0 Å². The Bertz CT molecular complexity index is 326. The first-order valence-corrected chi connectivity index (χ1v) is 4.19. The Morgan fingerprint density at radius 3 is 1.00 bits per heavy atom. The number of hydrogen-bond donors (Lipinski definition) is 0. The van der Waals surface area contributed by atoms with Gasteiger partial charge in [-0.25, -0.2) is 0 Å². The van der Waals surface area contributed by atoms with Gasteiger partial charge in [0.15, 0.2) is 0 Å². The number of hydroxylamine groups is 2. The molecule has 0 bridgehead atoms. The van der Waals surface area contributed by atoms with E-state index in [0.717, 1.165) is 27.7 Å². The van der Waals surface area contributed by atoms with Gasteiger partial charge in [0.2, 0.25) is 0 Å². The SMILES string of the molecule is CC(C)([N+](=O)[O-])/[N+]([O-])=[N+](\[O-])C(C)(C)[N+](=O)[O-]. The Balaban J connectivity index is 5.61. The van der Waals surface area contributed by atoms with E-state index < -0.39 is 30.9 Å². The van der Waals surface area contributed by atoms with Crippen molar-refractivity contribution in [1.82, 2.24) is 0 Å². The van der Waals surface area contributed by atoms with E-state index in [0.29, 0.717) is 0 Å². The molecule has 0 spiro atoms. The quantitative estimate of drug-likeness (QED) is 0.229. The zero-order valence-corrected chi connectivity index (χ0v) is 9.24. The molecule has 0 aliphatic rings. The molecule has 0 aliphatic carbocycles. The van der Waals surface area contributed by atoms with Gasteiger partial charge >= 0.3 is 11.3 Å². The summed E-state index contributed by atoms with van der Waals surface area (Å²) in [5.41, 5.74) is -4.54. The van der Waals surface area contributed by atoms with Gasteiger partial charge in [0.1, 0.15) is 9.72 Å². The van der Waals surface area contributed by atoms with Crippen LogP contribution in [0.4, 0.5) is 0 Å². The van der Waals surface area contributed by atoms with Gasteiger partial charge in [0, 0.05) is 0 Å². The second-order valence-electron chi connectivity index (χ2n) is 4.05. The molecular formula is C6H12N4O6. The van der Waals surface area contributed by atoms with Crippen LogP contribution in [0.15, 0.2) is 0 Å². The Morgan fingerprint density at radius 2 is 0.875 bits per heavy atom. The molecule has 0 saturated carbocycles. The Labute approximate surface area is 90.2 Å². The average Bonchev–Trinajstić information content (AvgIpc) is 2.14. The lowest BCUT2D eigenvalue weighted by Gasteiger charge is -2.16. The number of rotatable bonds is 4. The smallest absolute Gasteiger partial charge is 0.467 e. The predicted molar refractivity (Wildman–Crippen MR) is 49.4 cm³/mol. The number of nitrogens with zero attached hydrogens (tertiary/aromatic N) is 4. The first-order valence-electron chi connectivity index (χ1n) is 4.19. The van der Waals surface area contributed by atoms with Gasteiger partial charge in [0.05, 0.1) is 37.5 Å². The molecule has 16 heavy (non-hydrogen) atoms. The van der Waals surface area contributed by atoms with Gasteiger partial charge in [-0.2, -0.15) is 0 Å².